The lowest BCUT2D eigenvalue weighted by Crippen LogP contribution is -2.27. The molecule has 3 aromatic rings. The first-order valence-electron chi connectivity index (χ1n) is 14.9. The van der Waals surface area contributed by atoms with Gasteiger partial charge in [-0.2, -0.15) is 0 Å². The Morgan fingerprint density at radius 1 is 0.769 bits per heavy atom. The summed E-state index contributed by atoms with van der Waals surface area (Å²) >= 11 is 6.41. The number of unbranched alkanes of at least 4 members (excludes halogenated alkanes) is 5. The molecule has 1 aromatic heterocycles. The number of hydrogen-bond donors (Lipinski definition) is 0. The van der Waals surface area contributed by atoms with Gasteiger partial charge in [0.15, 0.2) is 0 Å². The van der Waals surface area contributed by atoms with Gasteiger partial charge in [0.05, 0.1) is 5.69 Å². The Balaban J connectivity index is 1.50. The molecule has 0 bridgehead atoms. The Bertz CT molecular complexity index is 1110. The quantitative estimate of drug-likeness (QED) is 0.0774. The fraction of sp³-hybridized carbons (Fsp3) is 0.486. The monoisotopic (exact) mass is 547 g/mol. The lowest BCUT2D eigenvalue weighted by Gasteiger charge is -2.17. The maximum Gasteiger partial charge on any atom is 0.329 e. The van der Waals surface area contributed by atoms with Crippen LogP contribution in [0, 0.1) is 11.8 Å². The molecule has 0 N–H and O–H groups in total. The predicted octanol–water partition coefficient (Wildman–Crippen LogP) is 10.3. The number of carbonyl (C=O) groups excluding carboxylic acids is 1. The predicted molar refractivity (Wildman–Crippen MR) is 165 cm³/mol. The first-order valence-corrected chi connectivity index (χ1v) is 15.3. The van der Waals surface area contributed by atoms with E-state index in [0.29, 0.717) is 11.7 Å². The Labute approximate surface area is 241 Å². The summed E-state index contributed by atoms with van der Waals surface area (Å²) in [4.78, 5) is 17.2. The number of aromatic nitrogens is 1. The van der Waals surface area contributed by atoms with Crippen molar-refractivity contribution in [2.75, 3.05) is 0 Å². The topological polar surface area (TPSA) is 39.2 Å². The van der Waals surface area contributed by atoms with Gasteiger partial charge in [-0.05, 0) is 66.0 Å². The van der Waals surface area contributed by atoms with Crippen LogP contribution in [0.5, 0.6) is 5.75 Å². The fourth-order valence-electron chi connectivity index (χ4n) is 4.80. The molecular formula is C35H46ClNO2. The van der Waals surface area contributed by atoms with Crippen LogP contribution in [0.4, 0.5) is 0 Å². The molecule has 210 valence electrons. The highest BCUT2D eigenvalue weighted by Gasteiger charge is 2.24. The van der Waals surface area contributed by atoms with Gasteiger partial charge in [0.2, 0.25) is 0 Å². The second kappa shape index (κ2) is 16.5. The van der Waals surface area contributed by atoms with E-state index in [1.165, 1.54) is 44.1 Å². The Hall–Kier alpha value is -2.65. The number of carbonyl (C=O) groups is 1. The van der Waals surface area contributed by atoms with E-state index in [1.54, 1.807) is 0 Å². The van der Waals surface area contributed by atoms with Crippen LogP contribution in [0.25, 0.3) is 22.4 Å². The van der Waals surface area contributed by atoms with Gasteiger partial charge in [0, 0.05) is 11.8 Å². The number of ether oxygens (including phenoxy) is 1. The molecule has 2 atom stereocenters. The molecule has 3 nitrogen and oxygen atoms in total. The standard InChI is InChI=1S/C35H46ClNO2/c1-5-6-7-8-9-10-14-28-15-24-33(37-25-28)31-18-16-29(17-19-31)30-20-22-32(23-21-30)39-35(38)34(36)27(4)13-11-12-26(2)3/h15-27,34H,5-14H2,1-4H3. The van der Waals surface area contributed by atoms with Crippen molar-refractivity contribution in [2.45, 2.75) is 97.3 Å². The highest BCUT2D eigenvalue weighted by atomic mass is 35.5. The third-order valence-corrected chi connectivity index (χ3v) is 8.00. The molecule has 0 spiro atoms. The van der Waals surface area contributed by atoms with Gasteiger partial charge in [-0.25, -0.2) is 0 Å². The number of benzene rings is 2. The molecular weight excluding hydrogens is 502 g/mol. The first kappa shape index (κ1) is 30.9. The van der Waals surface area contributed by atoms with Gasteiger partial charge in [-0.1, -0.05) is 115 Å². The molecule has 0 fully saturated rings. The number of hydrogen-bond acceptors (Lipinski definition) is 3. The van der Waals surface area contributed by atoms with Gasteiger partial charge in [-0.15, -0.1) is 11.6 Å². The number of rotatable bonds is 16. The Morgan fingerprint density at radius 2 is 1.38 bits per heavy atom. The van der Waals surface area contributed by atoms with Crippen LogP contribution >= 0.6 is 11.6 Å². The van der Waals surface area contributed by atoms with Crippen molar-refractivity contribution in [1.29, 1.82) is 0 Å². The minimum Gasteiger partial charge on any atom is -0.425 e. The summed E-state index contributed by atoms with van der Waals surface area (Å²) in [6.07, 6.45) is 14.1. The van der Waals surface area contributed by atoms with Crippen LogP contribution < -0.4 is 4.74 Å². The summed E-state index contributed by atoms with van der Waals surface area (Å²) < 4.78 is 5.57. The maximum atomic E-state index is 12.5. The molecule has 0 radical (unpaired) electrons. The molecule has 0 saturated carbocycles. The van der Waals surface area contributed by atoms with Crippen molar-refractivity contribution >= 4 is 17.6 Å². The minimum absolute atomic E-state index is 0.0849. The molecule has 0 saturated heterocycles. The molecule has 1 heterocycles. The zero-order valence-corrected chi connectivity index (χ0v) is 25.1. The number of esters is 1. The molecule has 0 aliphatic rings. The smallest absolute Gasteiger partial charge is 0.329 e. The van der Waals surface area contributed by atoms with Crippen LogP contribution in [-0.4, -0.2) is 16.3 Å². The van der Waals surface area contributed by atoms with Gasteiger partial charge in [-0.3, -0.25) is 9.78 Å². The lowest BCUT2D eigenvalue weighted by atomic mass is 9.97. The Kier molecular flexibility index (Phi) is 13.0. The average Bonchev–Trinajstić information content (AvgIpc) is 2.95. The van der Waals surface area contributed by atoms with Crippen molar-refractivity contribution in [3.63, 3.8) is 0 Å². The molecule has 0 aliphatic carbocycles. The van der Waals surface area contributed by atoms with E-state index >= 15 is 0 Å². The number of aryl methyl sites for hydroxylation is 1. The summed E-state index contributed by atoms with van der Waals surface area (Å²) in [7, 11) is 0. The summed E-state index contributed by atoms with van der Waals surface area (Å²) in [5.74, 6) is 0.888. The highest BCUT2D eigenvalue weighted by molar-refractivity contribution is 6.30. The van der Waals surface area contributed by atoms with Crippen LogP contribution in [0.15, 0.2) is 66.9 Å². The second-order valence-electron chi connectivity index (χ2n) is 11.3. The Morgan fingerprint density at radius 3 is 2.00 bits per heavy atom. The average molecular weight is 548 g/mol. The number of nitrogens with zero attached hydrogens (tertiary/aromatic N) is 1. The van der Waals surface area contributed by atoms with E-state index in [1.807, 2.05) is 37.4 Å². The van der Waals surface area contributed by atoms with Crippen molar-refractivity contribution in [3.8, 4) is 28.1 Å². The highest BCUT2D eigenvalue weighted by Crippen LogP contribution is 2.27. The third-order valence-electron chi connectivity index (χ3n) is 7.40. The third kappa shape index (κ3) is 10.4. The van der Waals surface area contributed by atoms with Crippen LogP contribution in [0.1, 0.15) is 91.0 Å². The van der Waals surface area contributed by atoms with Gasteiger partial charge in [0.25, 0.3) is 0 Å². The van der Waals surface area contributed by atoms with E-state index in [2.05, 4.69) is 57.2 Å². The van der Waals surface area contributed by atoms with Crippen LogP contribution in [0.2, 0.25) is 0 Å². The number of halogens is 1. The maximum absolute atomic E-state index is 12.5. The molecule has 0 aliphatic heterocycles. The van der Waals surface area contributed by atoms with Gasteiger partial charge in [0.1, 0.15) is 11.1 Å². The molecule has 2 unspecified atom stereocenters. The normalized spacial score (nSPS) is 12.9. The fourth-order valence-corrected chi connectivity index (χ4v) is 4.97. The largest absolute Gasteiger partial charge is 0.425 e. The lowest BCUT2D eigenvalue weighted by molar-refractivity contribution is -0.134. The molecule has 3 rings (SSSR count). The zero-order chi connectivity index (χ0) is 28.0. The minimum atomic E-state index is -0.636. The van der Waals surface area contributed by atoms with E-state index in [0.717, 1.165) is 48.1 Å². The molecule has 0 amide bonds. The van der Waals surface area contributed by atoms with Crippen molar-refractivity contribution in [1.82, 2.24) is 4.98 Å². The van der Waals surface area contributed by atoms with E-state index < -0.39 is 5.38 Å². The van der Waals surface area contributed by atoms with Crippen LogP contribution in [-0.2, 0) is 11.2 Å². The molecule has 4 heteroatoms. The first-order chi connectivity index (χ1) is 18.9. The van der Waals surface area contributed by atoms with Gasteiger partial charge < -0.3 is 4.74 Å². The van der Waals surface area contributed by atoms with Crippen molar-refractivity contribution in [2.24, 2.45) is 11.8 Å². The number of pyridine rings is 1. The SMILES string of the molecule is CCCCCCCCc1ccc(-c2ccc(-c3ccc(OC(=O)C(Cl)C(C)CCCC(C)C)cc3)cc2)nc1. The van der Waals surface area contributed by atoms with E-state index in [-0.39, 0.29) is 11.9 Å². The zero-order valence-electron chi connectivity index (χ0n) is 24.3. The summed E-state index contributed by atoms with van der Waals surface area (Å²) in [5, 5.41) is -0.636. The summed E-state index contributed by atoms with van der Waals surface area (Å²) in [6.45, 7) is 8.70. The van der Waals surface area contributed by atoms with Crippen molar-refractivity contribution < 1.29 is 9.53 Å². The van der Waals surface area contributed by atoms with E-state index in [9.17, 15) is 4.79 Å². The van der Waals surface area contributed by atoms with E-state index in [4.69, 9.17) is 21.3 Å². The summed E-state index contributed by atoms with van der Waals surface area (Å²) in [5.41, 5.74) is 5.57. The summed E-state index contributed by atoms with van der Waals surface area (Å²) in [6, 6.07) is 20.4. The molecule has 2 aromatic carbocycles. The number of alkyl halides is 1. The van der Waals surface area contributed by atoms with Gasteiger partial charge >= 0.3 is 5.97 Å². The molecule has 39 heavy (non-hydrogen) atoms. The van der Waals surface area contributed by atoms with Crippen LogP contribution in [0.3, 0.4) is 0 Å². The van der Waals surface area contributed by atoms with Crippen molar-refractivity contribution in [3.05, 3.63) is 72.4 Å². The second-order valence-corrected chi connectivity index (χ2v) is 11.8.